The first-order valence-electron chi connectivity index (χ1n) is 5.86. The van der Waals surface area contributed by atoms with Crippen molar-refractivity contribution in [2.45, 2.75) is 19.3 Å². The third-order valence-corrected chi connectivity index (χ3v) is 3.10. The minimum absolute atomic E-state index is 0.164. The Balaban J connectivity index is 2.46. The summed E-state index contributed by atoms with van der Waals surface area (Å²) in [7, 11) is 0. The van der Waals surface area contributed by atoms with Crippen molar-refractivity contribution in [3.63, 3.8) is 0 Å². The molecule has 0 spiro atoms. The second-order valence-electron chi connectivity index (χ2n) is 4.15. The third-order valence-electron chi connectivity index (χ3n) is 3.10. The summed E-state index contributed by atoms with van der Waals surface area (Å²) in [5, 5.41) is 9.67. The number of para-hydroxylation sites is 1. The third kappa shape index (κ3) is 2.26. The van der Waals surface area contributed by atoms with E-state index in [1.54, 1.807) is 6.07 Å². The molecule has 0 radical (unpaired) electrons. The second-order valence-corrected chi connectivity index (χ2v) is 4.15. The Labute approximate surface area is 102 Å². The monoisotopic (exact) mass is 227 g/mol. The SMILES string of the molecule is CCC(c1ccccc1)c1cccc(O)c1N. The van der Waals surface area contributed by atoms with Gasteiger partial charge >= 0.3 is 0 Å². The number of phenols is 1. The van der Waals surface area contributed by atoms with Crippen molar-refractivity contribution in [3.8, 4) is 5.75 Å². The first-order chi connectivity index (χ1) is 8.24. The summed E-state index contributed by atoms with van der Waals surface area (Å²) in [5.41, 5.74) is 8.66. The Hall–Kier alpha value is -1.96. The smallest absolute Gasteiger partial charge is 0.138 e. The standard InChI is InChI=1S/C15H17NO/c1-2-12(11-7-4-3-5-8-11)13-9-6-10-14(17)15(13)16/h3-10,12,17H,2,16H2,1H3. The molecule has 1 unspecified atom stereocenters. The molecule has 0 saturated carbocycles. The van der Waals surface area contributed by atoms with Gasteiger partial charge in [0, 0.05) is 5.92 Å². The summed E-state index contributed by atoms with van der Waals surface area (Å²) >= 11 is 0. The maximum Gasteiger partial charge on any atom is 0.138 e. The summed E-state index contributed by atoms with van der Waals surface area (Å²) in [6.07, 6.45) is 0.956. The summed E-state index contributed by atoms with van der Waals surface area (Å²) in [5.74, 6) is 0.403. The maximum atomic E-state index is 9.67. The highest BCUT2D eigenvalue weighted by Crippen LogP contribution is 2.35. The Morgan fingerprint density at radius 2 is 1.76 bits per heavy atom. The highest BCUT2D eigenvalue weighted by atomic mass is 16.3. The molecule has 0 saturated heterocycles. The lowest BCUT2D eigenvalue weighted by Crippen LogP contribution is -2.03. The number of anilines is 1. The van der Waals surface area contributed by atoms with E-state index >= 15 is 0 Å². The van der Waals surface area contributed by atoms with Crippen LogP contribution < -0.4 is 5.73 Å². The van der Waals surface area contributed by atoms with E-state index in [9.17, 15) is 5.11 Å². The number of benzene rings is 2. The van der Waals surface area contributed by atoms with Crippen LogP contribution in [0, 0.1) is 0 Å². The van der Waals surface area contributed by atoms with Crippen molar-refractivity contribution >= 4 is 5.69 Å². The summed E-state index contributed by atoms with van der Waals surface area (Å²) < 4.78 is 0. The van der Waals surface area contributed by atoms with E-state index in [-0.39, 0.29) is 11.7 Å². The van der Waals surface area contributed by atoms with Gasteiger partial charge in [-0.15, -0.1) is 0 Å². The molecule has 2 rings (SSSR count). The molecular formula is C15H17NO. The van der Waals surface area contributed by atoms with Crippen LogP contribution in [0.5, 0.6) is 5.75 Å². The van der Waals surface area contributed by atoms with Gasteiger partial charge in [0.25, 0.3) is 0 Å². The molecule has 2 aromatic carbocycles. The van der Waals surface area contributed by atoms with Crippen LogP contribution in [0.25, 0.3) is 0 Å². The van der Waals surface area contributed by atoms with Crippen LogP contribution in [0.4, 0.5) is 5.69 Å². The van der Waals surface area contributed by atoms with E-state index in [0.29, 0.717) is 5.69 Å². The predicted molar refractivity (Wildman–Crippen MR) is 71.1 cm³/mol. The molecule has 0 aliphatic heterocycles. The number of nitrogen functional groups attached to an aromatic ring is 1. The fraction of sp³-hybridized carbons (Fsp3) is 0.200. The van der Waals surface area contributed by atoms with Crippen LogP contribution in [-0.4, -0.2) is 5.11 Å². The molecule has 0 aliphatic carbocycles. The van der Waals surface area contributed by atoms with Crippen LogP contribution in [0.3, 0.4) is 0 Å². The highest BCUT2D eigenvalue weighted by Gasteiger charge is 2.15. The first-order valence-corrected chi connectivity index (χ1v) is 5.86. The molecule has 2 nitrogen and oxygen atoms in total. The molecule has 1 atom stereocenters. The Morgan fingerprint density at radius 3 is 2.41 bits per heavy atom. The fourth-order valence-electron chi connectivity index (χ4n) is 2.19. The topological polar surface area (TPSA) is 46.2 Å². The lowest BCUT2D eigenvalue weighted by atomic mass is 9.88. The molecule has 0 aliphatic rings. The zero-order chi connectivity index (χ0) is 12.3. The van der Waals surface area contributed by atoms with E-state index in [1.807, 2.05) is 30.3 Å². The largest absolute Gasteiger partial charge is 0.506 e. The van der Waals surface area contributed by atoms with Gasteiger partial charge < -0.3 is 10.8 Å². The molecular weight excluding hydrogens is 210 g/mol. The molecule has 3 N–H and O–H groups in total. The van der Waals surface area contributed by atoms with Crippen molar-refractivity contribution in [1.82, 2.24) is 0 Å². The maximum absolute atomic E-state index is 9.67. The van der Waals surface area contributed by atoms with Crippen molar-refractivity contribution in [1.29, 1.82) is 0 Å². The second kappa shape index (κ2) is 4.91. The van der Waals surface area contributed by atoms with Gasteiger partial charge in [-0.3, -0.25) is 0 Å². The van der Waals surface area contributed by atoms with Crippen LogP contribution in [0.1, 0.15) is 30.4 Å². The molecule has 0 aromatic heterocycles. The highest BCUT2D eigenvalue weighted by molar-refractivity contribution is 5.60. The normalized spacial score (nSPS) is 12.3. The molecule has 0 heterocycles. The number of aromatic hydroxyl groups is 1. The Kier molecular flexibility index (Phi) is 3.33. The molecule has 88 valence electrons. The number of hydrogen-bond acceptors (Lipinski definition) is 2. The van der Waals surface area contributed by atoms with Gasteiger partial charge in [-0.1, -0.05) is 49.4 Å². The number of nitrogens with two attached hydrogens (primary N) is 1. The summed E-state index contributed by atoms with van der Waals surface area (Å²) in [6, 6.07) is 15.7. The van der Waals surface area contributed by atoms with Gasteiger partial charge in [0.15, 0.2) is 0 Å². The molecule has 0 bridgehead atoms. The van der Waals surface area contributed by atoms with Crippen LogP contribution in [-0.2, 0) is 0 Å². The van der Waals surface area contributed by atoms with Crippen molar-refractivity contribution in [3.05, 3.63) is 59.7 Å². The minimum atomic E-state index is 0.164. The van der Waals surface area contributed by atoms with E-state index in [2.05, 4.69) is 19.1 Å². The van der Waals surface area contributed by atoms with E-state index in [4.69, 9.17) is 5.73 Å². The fourth-order valence-corrected chi connectivity index (χ4v) is 2.19. The molecule has 2 heteroatoms. The number of hydrogen-bond donors (Lipinski definition) is 2. The van der Waals surface area contributed by atoms with Gasteiger partial charge in [0.1, 0.15) is 5.75 Å². The Morgan fingerprint density at radius 1 is 1.06 bits per heavy atom. The van der Waals surface area contributed by atoms with Crippen LogP contribution in [0.2, 0.25) is 0 Å². The van der Waals surface area contributed by atoms with Gasteiger partial charge in [0.05, 0.1) is 5.69 Å². The molecule has 0 amide bonds. The van der Waals surface area contributed by atoms with Crippen molar-refractivity contribution < 1.29 is 5.11 Å². The van der Waals surface area contributed by atoms with Gasteiger partial charge in [0.2, 0.25) is 0 Å². The lowest BCUT2D eigenvalue weighted by molar-refractivity contribution is 0.477. The summed E-state index contributed by atoms with van der Waals surface area (Å²) in [6.45, 7) is 2.13. The zero-order valence-electron chi connectivity index (χ0n) is 9.93. The predicted octanol–water partition coefficient (Wildman–Crippen LogP) is 3.52. The molecule has 0 fully saturated rings. The minimum Gasteiger partial charge on any atom is -0.506 e. The number of phenolic OH excluding ortho intramolecular Hbond substituents is 1. The van der Waals surface area contributed by atoms with Crippen molar-refractivity contribution in [2.24, 2.45) is 0 Å². The lowest BCUT2D eigenvalue weighted by Gasteiger charge is -2.18. The Bertz CT molecular complexity index is 494. The average Bonchev–Trinajstić information content (AvgIpc) is 2.37. The average molecular weight is 227 g/mol. The van der Waals surface area contributed by atoms with Crippen LogP contribution >= 0.6 is 0 Å². The van der Waals surface area contributed by atoms with Crippen LogP contribution in [0.15, 0.2) is 48.5 Å². The first kappa shape index (κ1) is 11.5. The van der Waals surface area contributed by atoms with E-state index < -0.39 is 0 Å². The van der Waals surface area contributed by atoms with Gasteiger partial charge in [-0.05, 0) is 23.6 Å². The molecule has 2 aromatic rings. The van der Waals surface area contributed by atoms with Crippen molar-refractivity contribution in [2.75, 3.05) is 5.73 Å². The summed E-state index contributed by atoms with van der Waals surface area (Å²) in [4.78, 5) is 0. The zero-order valence-corrected chi connectivity index (χ0v) is 9.93. The van der Waals surface area contributed by atoms with Gasteiger partial charge in [-0.25, -0.2) is 0 Å². The van der Waals surface area contributed by atoms with Gasteiger partial charge in [-0.2, -0.15) is 0 Å². The quantitative estimate of drug-likeness (QED) is 0.622. The number of rotatable bonds is 3. The van der Waals surface area contributed by atoms with E-state index in [0.717, 1.165) is 12.0 Å². The molecule has 17 heavy (non-hydrogen) atoms. The van der Waals surface area contributed by atoms with E-state index in [1.165, 1.54) is 5.56 Å².